The molecule has 2 aromatic rings. The third-order valence-electron chi connectivity index (χ3n) is 5.44. The van der Waals surface area contributed by atoms with E-state index in [1.807, 2.05) is 24.3 Å². The largest absolute Gasteiger partial charge is 0.398 e. The fourth-order valence-electron chi connectivity index (χ4n) is 3.81. The number of piperidine rings is 1. The van der Waals surface area contributed by atoms with Crippen LogP contribution < -0.4 is 21.8 Å². The standard InChI is InChI=1S/C24H23N5O/c25-22-7-6-18(13-21(22)23(26)17-8-10-27-11-9-17)24(30)29-20-12-19(14-28-15-20)16-4-2-1-3-5-16/h2,4-11,13,19-20,26,28H,12,14-15,25H2,(H,29,30)/p+1. The number of aromatic nitrogens is 1. The van der Waals surface area contributed by atoms with Gasteiger partial charge in [0.15, 0.2) is 0 Å². The number of hydrogen-bond donors (Lipinski definition) is 4. The Hall–Kier alpha value is -3.69. The Morgan fingerprint density at radius 2 is 2.00 bits per heavy atom. The quantitative estimate of drug-likeness (QED) is 0.339. The average Bonchev–Trinajstić information content (AvgIpc) is 2.80. The van der Waals surface area contributed by atoms with Crippen molar-refractivity contribution in [1.29, 1.82) is 0 Å². The van der Waals surface area contributed by atoms with E-state index in [-0.39, 0.29) is 11.9 Å². The zero-order chi connectivity index (χ0) is 20.9. The van der Waals surface area contributed by atoms with Crippen LogP contribution in [0.5, 0.6) is 0 Å². The van der Waals surface area contributed by atoms with Crippen LogP contribution in [0.2, 0.25) is 0 Å². The highest BCUT2D eigenvalue weighted by Gasteiger charge is 2.25. The van der Waals surface area contributed by atoms with Crippen LogP contribution in [0, 0.1) is 5.92 Å². The first-order valence-electron chi connectivity index (χ1n) is 9.94. The fraction of sp³-hybridized carbons (Fsp3) is 0.208. The van der Waals surface area contributed by atoms with E-state index in [0.29, 0.717) is 28.4 Å². The predicted octanol–water partition coefficient (Wildman–Crippen LogP) is 0.775. The monoisotopic (exact) mass is 398 g/mol. The van der Waals surface area contributed by atoms with E-state index in [2.05, 4.69) is 33.2 Å². The molecule has 6 heteroatoms. The van der Waals surface area contributed by atoms with Gasteiger partial charge in [0.25, 0.3) is 5.91 Å². The van der Waals surface area contributed by atoms with Crippen LogP contribution in [-0.2, 0) is 0 Å². The summed E-state index contributed by atoms with van der Waals surface area (Å²) in [4.78, 5) is 16.9. The number of carbonyl (C=O) groups is 1. The van der Waals surface area contributed by atoms with E-state index < -0.39 is 0 Å². The Labute approximate surface area is 175 Å². The van der Waals surface area contributed by atoms with Crippen molar-refractivity contribution < 1.29 is 10.2 Å². The number of nitrogens with one attached hydrogen (secondary N) is 2. The lowest BCUT2D eigenvalue weighted by molar-refractivity contribution is -0.111. The Balaban J connectivity index is 1.47. The van der Waals surface area contributed by atoms with Gasteiger partial charge in [-0.1, -0.05) is 11.5 Å². The zero-order valence-electron chi connectivity index (χ0n) is 16.6. The molecule has 150 valence electrons. The Morgan fingerprint density at radius 1 is 1.17 bits per heavy atom. The molecule has 6 N–H and O–H groups in total. The number of allylic oxidation sites excluding steroid dienone is 3. The van der Waals surface area contributed by atoms with E-state index in [9.17, 15) is 4.79 Å². The summed E-state index contributed by atoms with van der Waals surface area (Å²) in [6.45, 7) is 1.62. The molecule has 1 saturated heterocycles. The molecular formula is C24H24N5O+. The summed E-state index contributed by atoms with van der Waals surface area (Å²) in [6.07, 6.45) is 10.1. The second kappa shape index (κ2) is 8.76. The van der Waals surface area contributed by atoms with Crippen LogP contribution in [0.1, 0.15) is 27.9 Å². The number of pyridine rings is 1. The minimum Gasteiger partial charge on any atom is -0.398 e. The lowest BCUT2D eigenvalue weighted by Gasteiger charge is -2.31. The second-order valence-electron chi connectivity index (χ2n) is 7.48. The average molecular weight is 398 g/mol. The number of amides is 1. The van der Waals surface area contributed by atoms with Crippen molar-refractivity contribution in [3.8, 4) is 0 Å². The molecule has 4 rings (SSSR count). The summed E-state index contributed by atoms with van der Waals surface area (Å²) in [6, 6.07) is 8.85. The number of anilines is 1. The number of rotatable bonds is 5. The van der Waals surface area contributed by atoms with Crippen LogP contribution in [0.4, 0.5) is 5.69 Å². The third-order valence-corrected chi connectivity index (χ3v) is 5.44. The first-order chi connectivity index (χ1) is 14.6. The number of carbonyl (C=O) groups excluding carboxylic acids is 1. The number of benzene rings is 1. The molecule has 0 radical (unpaired) electrons. The minimum absolute atomic E-state index is 0.0305. The van der Waals surface area contributed by atoms with Crippen molar-refractivity contribution in [2.45, 2.75) is 12.5 Å². The normalized spacial score (nSPS) is 19.9. The topological polar surface area (TPSA) is 106 Å². The van der Waals surface area contributed by atoms with Gasteiger partial charge in [0, 0.05) is 48.3 Å². The van der Waals surface area contributed by atoms with E-state index in [0.717, 1.165) is 25.1 Å². The van der Waals surface area contributed by atoms with Gasteiger partial charge in [0.05, 0.1) is 5.56 Å². The second-order valence-corrected chi connectivity index (χ2v) is 7.48. The molecule has 1 aromatic heterocycles. The SMILES string of the molecule is Nc1ccc(C(=O)NC2CNCC(C3=CC=C=C=C3)C2)cc1C(=[NH2+])c1ccncc1. The first kappa shape index (κ1) is 19.6. The molecule has 0 saturated carbocycles. The van der Waals surface area contributed by atoms with Crippen molar-refractivity contribution in [1.82, 2.24) is 15.6 Å². The van der Waals surface area contributed by atoms with Gasteiger partial charge in [0.1, 0.15) is 0 Å². The van der Waals surface area contributed by atoms with E-state index in [1.165, 1.54) is 5.57 Å². The Morgan fingerprint density at radius 3 is 2.77 bits per heavy atom. The summed E-state index contributed by atoms with van der Waals surface area (Å²) in [7, 11) is 0. The summed E-state index contributed by atoms with van der Waals surface area (Å²) < 4.78 is 0. The van der Waals surface area contributed by atoms with Crippen LogP contribution in [0.15, 0.2) is 78.0 Å². The van der Waals surface area contributed by atoms with Gasteiger partial charge < -0.3 is 16.4 Å². The molecule has 0 bridgehead atoms. The highest BCUT2D eigenvalue weighted by molar-refractivity contribution is 6.13. The van der Waals surface area contributed by atoms with Crippen molar-refractivity contribution in [3.63, 3.8) is 0 Å². The molecule has 2 heterocycles. The first-order valence-corrected chi connectivity index (χ1v) is 9.94. The maximum atomic E-state index is 12.9. The maximum Gasteiger partial charge on any atom is 0.251 e. The summed E-state index contributed by atoms with van der Waals surface area (Å²) in [5.41, 5.74) is 16.3. The molecule has 6 nitrogen and oxygen atoms in total. The number of nitrogens with zero attached hydrogens (tertiary/aromatic N) is 1. The molecular weight excluding hydrogens is 374 g/mol. The fourth-order valence-corrected chi connectivity index (χ4v) is 3.81. The highest BCUT2D eigenvalue weighted by atomic mass is 16.1. The van der Waals surface area contributed by atoms with Crippen molar-refractivity contribution >= 4 is 17.3 Å². The smallest absolute Gasteiger partial charge is 0.251 e. The van der Waals surface area contributed by atoms with E-state index in [4.69, 9.17) is 11.1 Å². The molecule has 1 aliphatic carbocycles. The van der Waals surface area contributed by atoms with Crippen LogP contribution in [-0.4, -0.2) is 35.7 Å². The minimum atomic E-state index is -0.140. The van der Waals surface area contributed by atoms with E-state index >= 15 is 0 Å². The summed E-state index contributed by atoms with van der Waals surface area (Å²) in [5.74, 6) is 0.187. The van der Waals surface area contributed by atoms with Crippen LogP contribution >= 0.6 is 0 Å². The van der Waals surface area contributed by atoms with Crippen LogP contribution in [0.25, 0.3) is 0 Å². The predicted molar refractivity (Wildman–Crippen MR) is 117 cm³/mol. The zero-order valence-corrected chi connectivity index (χ0v) is 16.6. The van der Waals surface area contributed by atoms with E-state index in [1.54, 1.807) is 30.6 Å². The van der Waals surface area contributed by atoms with Gasteiger partial charge in [-0.3, -0.25) is 15.2 Å². The van der Waals surface area contributed by atoms with Crippen LogP contribution in [0.3, 0.4) is 0 Å². The van der Waals surface area contributed by atoms with Crippen molar-refractivity contribution in [3.05, 3.63) is 94.7 Å². The maximum absolute atomic E-state index is 12.9. The van der Waals surface area contributed by atoms with Gasteiger partial charge in [0.2, 0.25) is 5.71 Å². The summed E-state index contributed by atoms with van der Waals surface area (Å²) in [5, 5.41) is 12.9. The molecule has 1 amide bonds. The highest BCUT2D eigenvalue weighted by Crippen LogP contribution is 2.22. The third kappa shape index (κ3) is 4.32. The molecule has 30 heavy (non-hydrogen) atoms. The molecule has 2 unspecified atom stereocenters. The van der Waals surface area contributed by atoms with Crippen molar-refractivity contribution in [2.75, 3.05) is 18.8 Å². The van der Waals surface area contributed by atoms with Crippen molar-refractivity contribution in [2.24, 2.45) is 5.92 Å². The Bertz CT molecular complexity index is 1110. The molecule has 2 atom stereocenters. The van der Waals surface area contributed by atoms with Gasteiger partial charge in [-0.05, 0) is 66.5 Å². The molecule has 1 aliphatic heterocycles. The van der Waals surface area contributed by atoms with Gasteiger partial charge in [-0.2, -0.15) is 0 Å². The molecule has 0 spiro atoms. The van der Waals surface area contributed by atoms with Gasteiger partial charge >= 0.3 is 0 Å². The summed E-state index contributed by atoms with van der Waals surface area (Å²) >= 11 is 0. The lowest BCUT2D eigenvalue weighted by atomic mass is 9.87. The van der Waals surface area contributed by atoms with Gasteiger partial charge in [-0.15, -0.1) is 0 Å². The lowest BCUT2D eigenvalue weighted by Crippen LogP contribution is -2.49. The molecule has 1 fully saturated rings. The molecule has 2 aliphatic rings. The number of nitrogens with two attached hydrogens (primary N) is 2. The Kier molecular flexibility index (Phi) is 5.73. The number of hydrogen-bond acceptors (Lipinski definition) is 4. The van der Waals surface area contributed by atoms with Gasteiger partial charge in [-0.25, -0.2) is 0 Å². The number of nitrogen functional groups attached to an aromatic ring is 1. The molecule has 1 aromatic carbocycles.